The summed E-state index contributed by atoms with van der Waals surface area (Å²) in [5, 5.41) is 9.77. The van der Waals surface area contributed by atoms with Gasteiger partial charge in [0.15, 0.2) is 0 Å². The predicted molar refractivity (Wildman–Crippen MR) is 109 cm³/mol. The minimum atomic E-state index is -1.05. The molecule has 0 fully saturated rings. The molecule has 0 aliphatic rings. The van der Waals surface area contributed by atoms with Gasteiger partial charge in [0, 0.05) is 11.5 Å². The number of carbonyl (C=O) groups is 3. The SMILES string of the molecule is CCCCOC(=O)C(C)CSCCC(=O)OCC(O)COC(=O)C(C)(C)CC. The fraction of sp³-hybridized carbons (Fsp3) is 0.850. The minimum absolute atomic E-state index is 0.178. The van der Waals surface area contributed by atoms with Crippen LogP contribution in [0.2, 0.25) is 0 Å². The van der Waals surface area contributed by atoms with Crippen molar-refractivity contribution in [1.29, 1.82) is 0 Å². The smallest absolute Gasteiger partial charge is 0.311 e. The van der Waals surface area contributed by atoms with Crippen LogP contribution in [0.25, 0.3) is 0 Å². The van der Waals surface area contributed by atoms with Gasteiger partial charge < -0.3 is 19.3 Å². The van der Waals surface area contributed by atoms with Crippen molar-refractivity contribution in [3.63, 3.8) is 0 Å². The second-order valence-electron chi connectivity index (χ2n) is 7.42. The summed E-state index contributed by atoms with van der Waals surface area (Å²) in [6.45, 7) is 9.28. The molecule has 0 amide bonds. The third kappa shape index (κ3) is 12.2. The van der Waals surface area contributed by atoms with Gasteiger partial charge in [-0.25, -0.2) is 0 Å². The molecule has 1 N–H and O–H groups in total. The lowest BCUT2D eigenvalue weighted by atomic mass is 9.91. The summed E-state index contributed by atoms with van der Waals surface area (Å²) in [5.41, 5.74) is -0.604. The van der Waals surface area contributed by atoms with Crippen LogP contribution < -0.4 is 0 Å². The van der Waals surface area contributed by atoms with E-state index in [4.69, 9.17) is 14.2 Å². The van der Waals surface area contributed by atoms with Crippen molar-refractivity contribution in [2.45, 2.75) is 66.4 Å². The number of carbonyl (C=O) groups excluding carboxylic acids is 3. The fourth-order valence-corrected chi connectivity index (χ4v) is 2.73. The summed E-state index contributed by atoms with van der Waals surface area (Å²) in [6, 6.07) is 0. The number of hydrogen-bond acceptors (Lipinski definition) is 8. The molecule has 0 bridgehead atoms. The number of rotatable bonds is 15. The first-order chi connectivity index (χ1) is 13.1. The van der Waals surface area contributed by atoms with Crippen LogP contribution in [0.4, 0.5) is 0 Å². The molecule has 0 saturated carbocycles. The highest BCUT2D eigenvalue weighted by Crippen LogP contribution is 2.21. The molecule has 0 aromatic heterocycles. The summed E-state index contributed by atoms with van der Waals surface area (Å²) in [5.74, 6) is -0.177. The zero-order valence-corrected chi connectivity index (χ0v) is 18.6. The second-order valence-corrected chi connectivity index (χ2v) is 8.57. The first kappa shape index (κ1) is 26.7. The molecule has 0 aromatic rings. The number of hydrogen-bond donors (Lipinski definition) is 1. The third-order valence-electron chi connectivity index (χ3n) is 4.24. The van der Waals surface area contributed by atoms with Crippen molar-refractivity contribution in [3.05, 3.63) is 0 Å². The Labute approximate surface area is 172 Å². The lowest BCUT2D eigenvalue weighted by molar-refractivity contribution is -0.159. The van der Waals surface area contributed by atoms with E-state index >= 15 is 0 Å². The van der Waals surface area contributed by atoms with Crippen molar-refractivity contribution >= 4 is 29.7 Å². The molecule has 0 radical (unpaired) electrons. The monoisotopic (exact) mass is 420 g/mol. The Kier molecular flexibility index (Phi) is 14.0. The molecule has 8 heteroatoms. The average molecular weight is 421 g/mol. The van der Waals surface area contributed by atoms with E-state index in [9.17, 15) is 19.5 Å². The average Bonchev–Trinajstić information content (AvgIpc) is 2.67. The highest BCUT2D eigenvalue weighted by Gasteiger charge is 2.27. The number of aliphatic hydroxyl groups excluding tert-OH is 1. The van der Waals surface area contributed by atoms with Crippen molar-refractivity contribution in [1.82, 2.24) is 0 Å². The molecule has 0 saturated heterocycles. The topological polar surface area (TPSA) is 99.1 Å². The Bertz CT molecular complexity index is 479. The van der Waals surface area contributed by atoms with E-state index in [1.807, 2.05) is 13.8 Å². The fourth-order valence-electron chi connectivity index (χ4n) is 1.76. The van der Waals surface area contributed by atoms with E-state index in [0.29, 0.717) is 24.5 Å². The largest absolute Gasteiger partial charge is 0.465 e. The second kappa shape index (κ2) is 14.7. The first-order valence-corrected chi connectivity index (χ1v) is 11.0. The van der Waals surface area contributed by atoms with E-state index in [1.54, 1.807) is 20.8 Å². The number of thioether (sulfide) groups is 1. The van der Waals surface area contributed by atoms with Gasteiger partial charge in [0.1, 0.15) is 19.3 Å². The predicted octanol–water partition coefficient (Wildman–Crippen LogP) is 2.97. The van der Waals surface area contributed by atoms with Crippen LogP contribution >= 0.6 is 11.8 Å². The maximum atomic E-state index is 11.8. The number of aliphatic hydroxyl groups is 1. The normalized spacial score (nSPS) is 13.5. The molecule has 0 spiro atoms. The van der Waals surface area contributed by atoms with E-state index in [0.717, 1.165) is 12.8 Å². The van der Waals surface area contributed by atoms with Gasteiger partial charge in [-0.05, 0) is 26.7 Å². The summed E-state index contributed by atoms with van der Waals surface area (Å²) in [6.07, 6.45) is 1.60. The van der Waals surface area contributed by atoms with E-state index in [1.165, 1.54) is 11.8 Å². The van der Waals surface area contributed by atoms with Gasteiger partial charge in [-0.3, -0.25) is 14.4 Å². The van der Waals surface area contributed by atoms with Crippen LogP contribution in [0, 0.1) is 11.3 Å². The zero-order valence-electron chi connectivity index (χ0n) is 17.8. The van der Waals surface area contributed by atoms with E-state index in [2.05, 4.69) is 0 Å². The van der Waals surface area contributed by atoms with E-state index in [-0.39, 0.29) is 37.5 Å². The summed E-state index contributed by atoms with van der Waals surface area (Å²) < 4.78 is 15.2. The number of ether oxygens (including phenoxy) is 3. The van der Waals surface area contributed by atoms with Gasteiger partial charge >= 0.3 is 17.9 Å². The summed E-state index contributed by atoms with van der Waals surface area (Å²) in [7, 11) is 0. The van der Waals surface area contributed by atoms with Gasteiger partial charge in [-0.15, -0.1) is 0 Å². The standard InChI is InChI=1S/C20H36O7S/c1-6-8-10-25-18(23)15(3)14-28-11-9-17(22)26-12-16(21)13-27-19(24)20(4,5)7-2/h15-16,21H,6-14H2,1-5H3. The molecule has 2 unspecified atom stereocenters. The third-order valence-corrected chi connectivity index (χ3v) is 5.47. The lowest BCUT2D eigenvalue weighted by Gasteiger charge is -2.21. The number of esters is 3. The molecule has 0 aromatic carbocycles. The molecule has 0 rings (SSSR count). The first-order valence-electron chi connectivity index (χ1n) is 9.89. The van der Waals surface area contributed by atoms with Gasteiger partial charge in [-0.2, -0.15) is 11.8 Å². The Morgan fingerprint density at radius 1 is 1.07 bits per heavy atom. The molecule has 7 nitrogen and oxygen atoms in total. The van der Waals surface area contributed by atoms with Crippen molar-refractivity contribution < 1.29 is 33.7 Å². The van der Waals surface area contributed by atoms with Gasteiger partial charge in [0.25, 0.3) is 0 Å². The van der Waals surface area contributed by atoms with Crippen LogP contribution in [0.3, 0.4) is 0 Å². The van der Waals surface area contributed by atoms with Crippen LogP contribution in [0.5, 0.6) is 0 Å². The van der Waals surface area contributed by atoms with Crippen molar-refractivity contribution in [2.24, 2.45) is 11.3 Å². The maximum absolute atomic E-state index is 11.8. The van der Waals surface area contributed by atoms with Crippen LogP contribution in [0.15, 0.2) is 0 Å². The zero-order chi connectivity index (χ0) is 21.6. The van der Waals surface area contributed by atoms with Crippen molar-refractivity contribution in [2.75, 3.05) is 31.3 Å². The summed E-state index contributed by atoms with van der Waals surface area (Å²) in [4.78, 5) is 35.2. The van der Waals surface area contributed by atoms with Gasteiger partial charge in [0.05, 0.1) is 24.4 Å². The molecule has 164 valence electrons. The molecular weight excluding hydrogens is 384 g/mol. The highest BCUT2D eigenvalue weighted by molar-refractivity contribution is 7.99. The lowest BCUT2D eigenvalue weighted by Crippen LogP contribution is -2.31. The Hall–Kier alpha value is -1.28. The summed E-state index contributed by atoms with van der Waals surface area (Å²) >= 11 is 1.48. The Morgan fingerprint density at radius 2 is 1.71 bits per heavy atom. The van der Waals surface area contributed by atoms with Gasteiger partial charge in [0.2, 0.25) is 0 Å². The van der Waals surface area contributed by atoms with Crippen molar-refractivity contribution in [3.8, 4) is 0 Å². The molecular formula is C20H36O7S. The van der Waals surface area contributed by atoms with Gasteiger partial charge in [-0.1, -0.05) is 27.2 Å². The highest BCUT2D eigenvalue weighted by atomic mass is 32.2. The molecule has 0 aliphatic heterocycles. The Morgan fingerprint density at radius 3 is 2.32 bits per heavy atom. The Balaban J connectivity index is 3.84. The maximum Gasteiger partial charge on any atom is 0.311 e. The number of unbranched alkanes of at least 4 members (excludes halogenated alkanes) is 1. The van der Waals surface area contributed by atoms with Crippen LogP contribution in [-0.4, -0.2) is 60.4 Å². The molecule has 2 atom stereocenters. The quantitative estimate of drug-likeness (QED) is 0.245. The van der Waals surface area contributed by atoms with E-state index < -0.39 is 17.5 Å². The molecule has 0 heterocycles. The van der Waals surface area contributed by atoms with Crippen LogP contribution in [0.1, 0.15) is 60.3 Å². The molecule has 28 heavy (non-hydrogen) atoms. The van der Waals surface area contributed by atoms with Crippen LogP contribution in [-0.2, 0) is 28.6 Å². The minimum Gasteiger partial charge on any atom is -0.465 e. The molecule has 0 aliphatic carbocycles.